The number of esters is 1. The Bertz CT molecular complexity index is 1070. The Balaban J connectivity index is 1.64. The van der Waals surface area contributed by atoms with Crippen molar-refractivity contribution in [2.45, 2.75) is 17.7 Å². The van der Waals surface area contributed by atoms with E-state index in [1.807, 2.05) is 0 Å². The van der Waals surface area contributed by atoms with E-state index in [0.29, 0.717) is 13.1 Å². The average Bonchev–Trinajstić information content (AvgIpc) is 3.28. The first-order valence-electron chi connectivity index (χ1n) is 9.15. The van der Waals surface area contributed by atoms with E-state index >= 15 is 0 Å². The lowest BCUT2D eigenvalue weighted by Gasteiger charge is -2.17. The van der Waals surface area contributed by atoms with Gasteiger partial charge in [0, 0.05) is 18.7 Å². The van der Waals surface area contributed by atoms with Gasteiger partial charge >= 0.3 is 5.97 Å². The predicted octanol–water partition coefficient (Wildman–Crippen LogP) is 2.24. The van der Waals surface area contributed by atoms with Gasteiger partial charge in [-0.25, -0.2) is 13.2 Å². The second-order valence-electron chi connectivity index (χ2n) is 6.58. The third kappa shape index (κ3) is 5.05. The monoisotopic (exact) mass is 450 g/mol. The van der Waals surface area contributed by atoms with E-state index in [9.17, 15) is 22.8 Å². The quantitative estimate of drug-likeness (QED) is 0.676. The van der Waals surface area contributed by atoms with Gasteiger partial charge in [-0.1, -0.05) is 29.8 Å². The highest BCUT2D eigenvalue weighted by atomic mass is 35.5. The summed E-state index contributed by atoms with van der Waals surface area (Å²) < 4.78 is 31.7. The van der Waals surface area contributed by atoms with Crippen molar-refractivity contribution in [2.75, 3.05) is 19.7 Å². The minimum absolute atomic E-state index is 0.00958. The van der Waals surface area contributed by atoms with Gasteiger partial charge in [-0.05, 0) is 43.2 Å². The summed E-state index contributed by atoms with van der Waals surface area (Å²) in [7, 11) is -3.83. The predicted molar refractivity (Wildman–Crippen MR) is 109 cm³/mol. The summed E-state index contributed by atoms with van der Waals surface area (Å²) in [5.74, 6) is -2.34. The summed E-state index contributed by atoms with van der Waals surface area (Å²) in [5.41, 5.74) is 0.214. The van der Waals surface area contributed by atoms with Gasteiger partial charge in [-0.2, -0.15) is 4.31 Å². The number of hydrogen-bond acceptors (Lipinski definition) is 6. The fourth-order valence-electron chi connectivity index (χ4n) is 2.93. The highest BCUT2D eigenvalue weighted by Gasteiger charge is 2.30. The average molecular weight is 451 g/mol. The van der Waals surface area contributed by atoms with Crippen LogP contribution in [0.4, 0.5) is 0 Å². The first-order chi connectivity index (χ1) is 14.3. The SMILES string of the molecule is O=C(COC(=O)c1ccc(Cl)c(S(=O)(=O)N2CCCC2)c1)NC(=O)c1ccccc1. The number of ether oxygens (including phenoxy) is 1. The lowest BCUT2D eigenvalue weighted by molar-refractivity contribution is -0.123. The number of carbonyl (C=O) groups is 3. The van der Waals surface area contributed by atoms with Gasteiger partial charge in [-0.15, -0.1) is 0 Å². The molecule has 1 saturated heterocycles. The maximum atomic E-state index is 12.7. The van der Waals surface area contributed by atoms with E-state index in [2.05, 4.69) is 5.32 Å². The number of nitrogens with one attached hydrogen (secondary N) is 1. The van der Waals surface area contributed by atoms with Gasteiger partial charge in [0.2, 0.25) is 10.0 Å². The fourth-order valence-corrected chi connectivity index (χ4v) is 4.95. The summed E-state index contributed by atoms with van der Waals surface area (Å²) in [6, 6.07) is 11.8. The zero-order valence-corrected chi connectivity index (χ0v) is 17.4. The molecule has 3 rings (SSSR count). The minimum Gasteiger partial charge on any atom is -0.452 e. The van der Waals surface area contributed by atoms with Gasteiger partial charge < -0.3 is 4.74 Å². The molecule has 1 aliphatic rings. The Morgan fingerprint density at radius 1 is 1.00 bits per heavy atom. The molecule has 158 valence electrons. The summed E-state index contributed by atoms with van der Waals surface area (Å²) in [5, 5.41) is 2.10. The lowest BCUT2D eigenvalue weighted by atomic mass is 10.2. The molecule has 2 aromatic carbocycles. The Morgan fingerprint density at radius 2 is 1.67 bits per heavy atom. The molecule has 0 radical (unpaired) electrons. The normalized spacial score (nSPS) is 14.3. The van der Waals surface area contributed by atoms with Crippen LogP contribution in [0.5, 0.6) is 0 Å². The molecular weight excluding hydrogens is 432 g/mol. The van der Waals surface area contributed by atoms with Gasteiger partial charge in [0.25, 0.3) is 11.8 Å². The largest absolute Gasteiger partial charge is 0.452 e. The van der Waals surface area contributed by atoms with Crippen molar-refractivity contribution in [1.29, 1.82) is 0 Å². The van der Waals surface area contributed by atoms with E-state index in [1.165, 1.54) is 28.6 Å². The molecule has 0 saturated carbocycles. The number of rotatable bonds is 6. The van der Waals surface area contributed by atoms with E-state index in [4.69, 9.17) is 16.3 Å². The molecule has 0 spiro atoms. The lowest BCUT2D eigenvalue weighted by Crippen LogP contribution is -2.34. The van der Waals surface area contributed by atoms with Crippen LogP contribution < -0.4 is 5.32 Å². The number of imide groups is 1. The fraction of sp³-hybridized carbons (Fsp3) is 0.250. The maximum Gasteiger partial charge on any atom is 0.338 e. The van der Waals surface area contributed by atoms with Crippen LogP contribution in [-0.4, -0.2) is 50.2 Å². The van der Waals surface area contributed by atoms with Crippen LogP contribution in [-0.2, 0) is 19.6 Å². The number of halogens is 1. The third-order valence-corrected chi connectivity index (χ3v) is 6.85. The van der Waals surface area contributed by atoms with E-state index < -0.39 is 34.4 Å². The van der Waals surface area contributed by atoms with Gasteiger partial charge in [0.05, 0.1) is 10.6 Å². The van der Waals surface area contributed by atoms with Crippen LogP contribution in [0.15, 0.2) is 53.4 Å². The molecule has 2 aromatic rings. The van der Waals surface area contributed by atoms with Crippen molar-refractivity contribution in [1.82, 2.24) is 9.62 Å². The highest BCUT2D eigenvalue weighted by molar-refractivity contribution is 7.89. The molecule has 2 amide bonds. The number of carbonyl (C=O) groups excluding carboxylic acids is 3. The minimum atomic E-state index is -3.83. The van der Waals surface area contributed by atoms with Crippen molar-refractivity contribution in [3.63, 3.8) is 0 Å². The number of sulfonamides is 1. The van der Waals surface area contributed by atoms with E-state index in [1.54, 1.807) is 18.2 Å². The van der Waals surface area contributed by atoms with Gasteiger partial charge in [-0.3, -0.25) is 14.9 Å². The van der Waals surface area contributed by atoms with Crippen molar-refractivity contribution >= 4 is 39.4 Å². The van der Waals surface area contributed by atoms with Crippen molar-refractivity contribution in [3.05, 3.63) is 64.7 Å². The molecule has 1 N–H and O–H groups in total. The summed E-state index contributed by atoms with van der Waals surface area (Å²) in [6.45, 7) is 0.0835. The van der Waals surface area contributed by atoms with Crippen LogP contribution in [0.1, 0.15) is 33.6 Å². The first-order valence-corrected chi connectivity index (χ1v) is 11.0. The molecule has 0 unspecified atom stereocenters. The van der Waals surface area contributed by atoms with Crippen LogP contribution in [0.2, 0.25) is 5.02 Å². The van der Waals surface area contributed by atoms with E-state index in [0.717, 1.165) is 18.9 Å². The smallest absolute Gasteiger partial charge is 0.338 e. The molecular formula is C20H19ClN2O6S. The third-order valence-electron chi connectivity index (χ3n) is 4.47. The van der Waals surface area contributed by atoms with Crippen LogP contribution in [0.25, 0.3) is 0 Å². The molecule has 30 heavy (non-hydrogen) atoms. The first kappa shape index (κ1) is 21.9. The summed E-state index contributed by atoms with van der Waals surface area (Å²) >= 11 is 6.05. The zero-order valence-electron chi connectivity index (χ0n) is 15.8. The highest BCUT2D eigenvalue weighted by Crippen LogP contribution is 2.28. The molecule has 1 fully saturated rings. The van der Waals surface area contributed by atoms with Crippen molar-refractivity contribution in [2.24, 2.45) is 0 Å². The molecule has 1 aliphatic heterocycles. The maximum absolute atomic E-state index is 12.7. The topological polar surface area (TPSA) is 110 Å². The second-order valence-corrected chi connectivity index (χ2v) is 8.89. The second kappa shape index (κ2) is 9.38. The number of amides is 2. The Labute approximate surface area is 178 Å². The summed E-state index contributed by atoms with van der Waals surface area (Å²) in [4.78, 5) is 35.9. The molecule has 8 nitrogen and oxygen atoms in total. The van der Waals surface area contributed by atoms with Crippen molar-refractivity contribution < 1.29 is 27.5 Å². The molecule has 0 aromatic heterocycles. The molecule has 10 heteroatoms. The molecule has 0 bridgehead atoms. The Hall–Kier alpha value is -2.75. The molecule has 1 heterocycles. The molecule has 0 aliphatic carbocycles. The van der Waals surface area contributed by atoms with Crippen LogP contribution in [0, 0.1) is 0 Å². The van der Waals surface area contributed by atoms with Crippen LogP contribution in [0.3, 0.4) is 0 Å². The van der Waals surface area contributed by atoms with Gasteiger partial charge in [0.15, 0.2) is 6.61 Å². The number of nitrogens with zero attached hydrogens (tertiary/aromatic N) is 1. The van der Waals surface area contributed by atoms with Crippen molar-refractivity contribution in [3.8, 4) is 0 Å². The van der Waals surface area contributed by atoms with E-state index in [-0.39, 0.29) is 21.0 Å². The van der Waals surface area contributed by atoms with Crippen LogP contribution >= 0.6 is 11.6 Å². The summed E-state index contributed by atoms with van der Waals surface area (Å²) in [6.07, 6.45) is 1.52. The zero-order chi connectivity index (χ0) is 21.7. The van der Waals surface area contributed by atoms with Gasteiger partial charge in [0.1, 0.15) is 4.90 Å². The standard InChI is InChI=1S/C20H19ClN2O6S/c21-16-9-8-15(12-17(16)30(27,28)23-10-4-5-11-23)20(26)29-13-18(24)22-19(25)14-6-2-1-3-7-14/h1-3,6-9,12H,4-5,10-11,13H2,(H,22,24,25). The Morgan fingerprint density at radius 3 is 2.33 bits per heavy atom. The Kier molecular flexibility index (Phi) is 6.86. The number of hydrogen-bond donors (Lipinski definition) is 1. The molecule has 0 atom stereocenters. The number of benzene rings is 2.